The summed E-state index contributed by atoms with van der Waals surface area (Å²) in [5, 5.41) is 2.79. The van der Waals surface area contributed by atoms with Gasteiger partial charge in [-0.05, 0) is 36.2 Å². The second-order valence-electron chi connectivity index (χ2n) is 4.21. The molecule has 4 nitrogen and oxygen atoms in total. The average Bonchev–Trinajstić information content (AvgIpc) is 2.47. The molecule has 0 aromatic heterocycles. The van der Waals surface area contributed by atoms with Crippen LogP contribution in [0.15, 0.2) is 53.4 Å². The predicted molar refractivity (Wildman–Crippen MR) is 79.3 cm³/mol. The Balaban J connectivity index is 2.32. The third kappa shape index (κ3) is 3.12. The van der Waals surface area contributed by atoms with Crippen molar-refractivity contribution in [3.05, 3.63) is 59.7 Å². The number of carbonyl (C=O) groups excluding carboxylic acids is 1. The van der Waals surface area contributed by atoms with Crippen LogP contribution >= 0.6 is 0 Å². The number of nitrogens with one attached hydrogen (secondary N) is 1. The van der Waals surface area contributed by atoms with E-state index < -0.39 is 11.1 Å². The molecule has 2 rings (SSSR count). The molecule has 104 valence electrons. The van der Waals surface area contributed by atoms with Crippen LogP contribution in [-0.2, 0) is 17.5 Å². The zero-order chi connectivity index (χ0) is 14.5. The van der Waals surface area contributed by atoms with Gasteiger partial charge in [0.05, 0.1) is 4.90 Å². The van der Waals surface area contributed by atoms with Crippen molar-refractivity contribution in [2.75, 3.05) is 5.32 Å². The van der Waals surface area contributed by atoms with Crippen LogP contribution in [0.2, 0.25) is 0 Å². The lowest BCUT2D eigenvalue weighted by Crippen LogP contribution is -2.14. The van der Waals surface area contributed by atoms with Gasteiger partial charge >= 0.3 is 0 Å². The highest BCUT2D eigenvalue weighted by molar-refractivity contribution is 7.79. The van der Waals surface area contributed by atoms with E-state index in [0.29, 0.717) is 28.1 Å². The Morgan fingerprint density at radius 2 is 1.85 bits per heavy atom. The highest BCUT2D eigenvalue weighted by Crippen LogP contribution is 2.23. The average molecular weight is 289 g/mol. The van der Waals surface area contributed by atoms with Crippen LogP contribution in [0.5, 0.6) is 0 Å². The molecule has 1 amide bonds. The smallest absolute Gasteiger partial charge is 0.255 e. The Labute approximate surface area is 120 Å². The quantitative estimate of drug-likeness (QED) is 0.850. The van der Waals surface area contributed by atoms with Crippen molar-refractivity contribution in [1.29, 1.82) is 0 Å². The maximum atomic E-state index is 12.1. The van der Waals surface area contributed by atoms with Crippen molar-refractivity contribution in [1.82, 2.24) is 0 Å². The first kappa shape index (κ1) is 14.4. The van der Waals surface area contributed by atoms with Crippen molar-refractivity contribution in [3.8, 4) is 0 Å². The van der Waals surface area contributed by atoms with E-state index in [2.05, 4.69) is 5.32 Å². The van der Waals surface area contributed by atoms with Crippen LogP contribution in [0, 0.1) is 0 Å². The molecule has 0 fully saturated rings. The molecule has 2 N–H and O–H groups in total. The standard InChI is InChI=1S/C15H15NO3S/c1-2-12-13(9-6-10-14(12)20(18)19)16-15(17)11-7-4-3-5-8-11/h3-10H,2H2,1H3,(H,16,17)(H,18,19). The zero-order valence-corrected chi connectivity index (χ0v) is 11.8. The van der Waals surface area contributed by atoms with Gasteiger partial charge in [0.25, 0.3) is 5.91 Å². The Hall–Kier alpha value is -1.98. The molecule has 2 aromatic rings. The summed E-state index contributed by atoms with van der Waals surface area (Å²) in [5.74, 6) is -0.235. The number of amides is 1. The minimum Gasteiger partial charge on any atom is -0.322 e. The molecule has 2 aromatic carbocycles. The Kier molecular flexibility index (Phi) is 4.65. The van der Waals surface area contributed by atoms with E-state index in [1.807, 2.05) is 13.0 Å². The normalized spacial score (nSPS) is 11.9. The molecule has 0 saturated carbocycles. The molecule has 0 heterocycles. The molecule has 0 spiro atoms. The minimum atomic E-state index is -2.06. The van der Waals surface area contributed by atoms with Crippen molar-refractivity contribution in [2.24, 2.45) is 0 Å². The lowest BCUT2D eigenvalue weighted by molar-refractivity contribution is 0.102. The monoisotopic (exact) mass is 289 g/mol. The molecule has 0 bridgehead atoms. The summed E-state index contributed by atoms with van der Waals surface area (Å²) in [6.45, 7) is 1.88. The summed E-state index contributed by atoms with van der Waals surface area (Å²) < 4.78 is 20.6. The second kappa shape index (κ2) is 6.45. The number of hydrogen-bond donors (Lipinski definition) is 2. The predicted octanol–water partition coefficient (Wildman–Crippen LogP) is 3.08. The Morgan fingerprint density at radius 3 is 2.45 bits per heavy atom. The van der Waals surface area contributed by atoms with Gasteiger partial charge in [0, 0.05) is 11.3 Å². The maximum Gasteiger partial charge on any atom is 0.255 e. The van der Waals surface area contributed by atoms with Crippen molar-refractivity contribution in [2.45, 2.75) is 18.2 Å². The summed E-state index contributed by atoms with van der Waals surface area (Å²) >= 11 is -2.06. The fraction of sp³-hybridized carbons (Fsp3) is 0.133. The number of carbonyl (C=O) groups is 1. The highest BCUT2D eigenvalue weighted by Gasteiger charge is 2.13. The minimum absolute atomic E-state index is 0.235. The van der Waals surface area contributed by atoms with E-state index in [-0.39, 0.29) is 5.91 Å². The van der Waals surface area contributed by atoms with Crippen LogP contribution < -0.4 is 5.32 Å². The zero-order valence-electron chi connectivity index (χ0n) is 11.0. The van der Waals surface area contributed by atoms with Crippen molar-refractivity contribution >= 4 is 22.7 Å². The molecule has 1 unspecified atom stereocenters. The summed E-state index contributed by atoms with van der Waals surface area (Å²) in [6.07, 6.45) is 0.562. The van der Waals surface area contributed by atoms with E-state index in [0.717, 1.165) is 0 Å². The number of benzene rings is 2. The molecule has 20 heavy (non-hydrogen) atoms. The lowest BCUT2D eigenvalue weighted by atomic mass is 10.1. The van der Waals surface area contributed by atoms with E-state index in [1.165, 1.54) is 0 Å². The molecular weight excluding hydrogens is 274 g/mol. The summed E-state index contributed by atoms with van der Waals surface area (Å²) in [5.41, 5.74) is 1.80. The number of hydrogen-bond acceptors (Lipinski definition) is 2. The molecule has 0 saturated heterocycles. The third-order valence-electron chi connectivity index (χ3n) is 2.96. The Morgan fingerprint density at radius 1 is 1.15 bits per heavy atom. The van der Waals surface area contributed by atoms with Gasteiger partial charge in [-0.15, -0.1) is 0 Å². The van der Waals surface area contributed by atoms with Crippen LogP contribution in [0.1, 0.15) is 22.8 Å². The molecule has 5 heteroatoms. The van der Waals surface area contributed by atoms with Crippen molar-refractivity contribution < 1.29 is 13.6 Å². The van der Waals surface area contributed by atoms with Crippen LogP contribution in [-0.4, -0.2) is 14.7 Å². The number of anilines is 1. The first-order chi connectivity index (χ1) is 9.63. The molecule has 0 aliphatic carbocycles. The van der Waals surface area contributed by atoms with E-state index in [4.69, 9.17) is 0 Å². The van der Waals surface area contributed by atoms with Crippen molar-refractivity contribution in [3.63, 3.8) is 0 Å². The lowest BCUT2D eigenvalue weighted by Gasteiger charge is -2.12. The topological polar surface area (TPSA) is 66.4 Å². The van der Waals surface area contributed by atoms with Gasteiger partial charge in [-0.1, -0.05) is 31.2 Å². The summed E-state index contributed by atoms with van der Waals surface area (Å²) in [6, 6.07) is 13.8. The largest absolute Gasteiger partial charge is 0.322 e. The fourth-order valence-electron chi connectivity index (χ4n) is 2.00. The Bertz CT molecular complexity index is 641. The summed E-state index contributed by atoms with van der Waals surface area (Å²) in [4.78, 5) is 12.4. The third-order valence-corrected chi connectivity index (χ3v) is 3.72. The van der Waals surface area contributed by atoms with Crippen LogP contribution in [0.25, 0.3) is 0 Å². The van der Waals surface area contributed by atoms with E-state index >= 15 is 0 Å². The molecule has 0 aliphatic heterocycles. The van der Waals surface area contributed by atoms with Gasteiger partial charge in [-0.2, -0.15) is 0 Å². The molecule has 0 radical (unpaired) electrons. The number of rotatable bonds is 4. The molecule has 1 atom stereocenters. The first-order valence-corrected chi connectivity index (χ1v) is 7.33. The SMILES string of the molecule is CCc1c(NC(=O)c2ccccc2)cccc1S(=O)O. The van der Waals surface area contributed by atoms with E-state index in [9.17, 15) is 13.6 Å². The van der Waals surface area contributed by atoms with Gasteiger partial charge in [0.15, 0.2) is 11.1 Å². The van der Waals surface area contributed by atoms with Crippen LogP contribution in [0.3, 0.4) is 0 Å². The fourth-order valence-corrected chi connectivity index (χ4v) is 2.66. The van der Waals surface area contributed by atoms with Gasteiger partial charge in [-0.3, -0.25) is 4.79 Å². The van der Waals surface area contributed by atoms with E-state index in [1.54, 1.807) is 42.5 Å². The van der Waals surface area contributed by atoms with Crippen LogP contribution in [0.4, 0.5) is 5.69 Å². The van der Waals surface area contributed by atoms with Gasteiger partial charge in [0.2, 0.25) is 0 Å². The molecule has 0 aliphatic rings. The maximum absolute atomic E-state index is 12.1. The second-order valence-corrected chi connectivity index (χ2v) is 5.14. The van der Waals surface area contributed by atoms with Gasteiger partial charge < -0.3 is 9.87 Å². The first-order valence-electron chi connectivity index (χ1n) is 6.22. The highest BCUT2D eigenvalue weighted by atomic mass is 32.2. The van der Waals surface area contributed by atoms with Gasteiger partial charge in [0.1, 0.15) is 0 Å². The van der Waals surface area contributed by atoms with Gasteiger partial charge in [-0.25, -0.2) is 4.21 Å². The molecular formula is C15H15NO3S. The summed E-state index contributed by atoms with van der Waals surface area (Å²) in [7, 11) is 0.